The average Bonchev–Trinajstić information content (AvgIpc) is 2.86. The van der Waals surface area contributed by atoms with Gasteiger partial charge in [-0.05, 0) is 12.1 Å². The van der Waals surface area contributed by atoms with Gasteiger partial charge in [-0.1, -0.05) is 30.3 Å². The normalized spacial score (nSPS) is 10.7. The van der Waals surface area contributed by atoms with E-state index in [1.165, 1.54) is 18.2 Å². The van der Waals surface area contributed by atoms with Gasteiger partial charge in [0, 0.05) is 11.5 Å². The van der Waals surface area contributed by atoms with E-state index < -0.39 is 10.9 Å². The second-order valence-corrected chi connectivity index (χ2v) is 4.38. The number of para-hydroxylation sites is 2. The van der Waals surface area contributed by atoms with Crippen molar-refractivity contribution in [3.63, 3.8) is 0 Å². The molecule has 1 aromatic heterocycles. The number of hydrogen-bond acceptors (Lipinski definition) is 4. The van der Waals surface area contributed by atoms with Gasteiger partial charge in [-0.3, -0.25) is 10.1 Å². The van der Waals surface area contributed by atoms with Gasteiger partial charge in [0.25, 0.3) is 5.69 Å². The van der Waals surface area contributed by atoms with Crippen LogP contribution in [0.15, 0.2) is 52.9 Å². The van der Waals surface area contributed by atoms with Crippen molar-refractivity contribution in [1.29, 1.82) is 0 Å². The molecule has 1 heterocycles. The molecule has 0 atom stereocenters. The van der Waals surface area contributed by atoms with Crippen molar-refractivity contribution in [1.82, 2.24) is 0 Å². The number of carbonyl (C=O) groups is 1. The number of fused-ring (bicyclic) bond motifs is 1. The summed E-state index contributed by atoms with van der Waals surface area (Å²) in [7, 11) is 0. The molecule has 0 amide bonds. The van der Waals surface area contributed by atoms with Gasteiger partial charge in [-0.15, -0.1) is 0 Å². The standard InChI is InChI=1S/C15H9NO5/c17-15(18)13-10-6-2-4-8-12(10)21-14(13)9-5-1-3-7-11(9)16(19)20/h1-8H,(H,17,18). The first-order valence-corrected chi connectivity index (χ1v) is 6.08. The van der Waals surface area contributed by atoms with Crippen LogP contribution in [0.3, 0.4) is 0 Å². The Hall–Kier alpha value is -3.15. The van der Waals surface area contributed by atoms with E-state index in [1.54, 1.807) is 30.3 Å². The number of rotatable bonds is 3. The van der Waals surface area contributed by atoms with E-state index >= 15 is 0 Å². The number of nitrogens with zero attached hydrogens (tertiary/aromatic N) is 1. The predicted octanol–water partition coefficient (Wildman–Crippen LogP) is 3.71. The van der Waals surface area contributed by atoms with Gasteiger partial charge in [0.05, 0.1) is 10.5 Å². The molecule has 0 aliphatic heterocycles. The Morgan fingerprint density at radius 2 is 1.76 bits per heavy atom. The smallest absolute Gasteiger partial charge is 0.340 e. The zero-order valence-electron chi connectivity index (χ0n) is 10.6. The Kier molecular flexibility index (Phi) is 2.91. The highest BCUT2D eigenvalue weighted by atomic mass is 16.6. The fourth-order valence-corrected chi connectivity index (χ4v) is 2.27. The van der Waals surface area contributed by atoms with Crippen molar-refractivity contribution in [2.75, 3.05) is 0 Å². The highest BCUT2D eigenvalue weighted by Crippen LogP contribution is 2.37. The lowest BCUT2D eigenvalue weighted by Crippen LogP contribution is -1.99. The Morgan fingerprint density at radius 3 is 2.48 bits per heavy atom. The third-order valence-electron chi connectivity index (χ3n) is 3.15. The number of benzene rings is 2. The summed E-state index contributed by atoms with van der Waals surface area (Å²) in [6, 6.07) is 12.5. The zero-order valence-corrected chi connectivity index (χ0v) is 10.6. The van der Waals surface area contributed by atoms with Gasteiger partial charge in [0.2, 0.25) is 0 Å². The molecule has 0 unspecified atom stereocenters. The van der Waals surface area contributed by atoms with Gasteiger partial charge in [-0.2, -0.15) is 0 Å². The first-order chi connectivity index (χ1) is 10.1. The molecule has 0 spiro atoms. The summed E-state index contributed by atoms with van der Waals surface area (Å²) in [4.78, 5) is 22.1. The topological polar surface area (TPSA) is 93.6 Å². The van der Waals surface area contributed by atoms with Gasteiger partial charge in [-0.25, -0.2) is 4.79 Å². The average molecular weight is 283 g/mol. The third kappa shape index (κ3) is 2.02. The summed E-state index contributed by atoms with van der Waals surface area (Å²) in [6.07, 6.45) is 0. The first kappa shape index (κ1) is 12.9. The molecule has 0 fully saturated rings. The molecule has 0 saturated carbocycles. The third-order valence-corrected chi connectivity index (χ3v) is 3.15. The van der Waals surface area contributed by atoms with Crippen LogP contribution < -0.4 is 0 Å². The van der Waals surface area contributed by atoms with Crippen LogP contribution >= 0.6 is 0 Å². The Bertz CT molecular complexity index is 865. The van der Waals surface area contributed by atoms with E-state index in [0.717, 1.165) is 0 Å². The van der Waals surface area contributed by atoms with Crippen LogP contribution in [0.25, 0.3) is 22.3 Å². The highest BCUT2D eigenvalue weighted by Gasteiger charge is 2.26. The van der Waals surface area contributed by atoms with E-state index in [2.05, 4.69) is 0 Å². The number of nitro groups is 1. The van der Waals surface area contributed by atoms with E-state index in [4.69, 9.17) is 4.42 Å². The lowest BCUT2D eigenvalue weighted by atomic mass is 10.0. The monoisotopic (exact) mass is 283 g/mol. The van der Waals surface area contributed by atoms with Crippen LogP contribution in [-0.4, -0.2) is 16.0 Å². The van der Waals surface area contributed by atoms with Crippen LogP contribution in [0, 0.1) is 10.1 Å². The van der Waals surface area contributed by atoms with E-state index in [-0.39, 0.29) is 22.6 Å². The summed E-state index contributed by atoms with van der Waals surface area (Å²) in [5, 5.41) is 20.9. The number of aromatic carboxylic acids is 1. The molecule has 3 aromatic rings. The maximum atomic E-state index is 11.5. The van der Waals surface area contributed by atoms with Crippen LogP contribution in [0.2, 0.25) is 0 Å². The van der Waals surface area contributed by atoms with Crippen LogP contribution in [0.1, 0.15) is 10.4 Å². The van der Waals surface area contributed by atoms with Gasteiger partial charge in [0.1, 0.15) is 11.1 Å². The number of furan rings is 1. The minimum Gasteiger partial charge on any atom is -0.478 e. The summed E-state index contributed by atoms with van der Waals surface area (Å²) in [5.74, 6) is -1.19. The van der Waals surface area contributed by atoms with Crippen molar-refractivity contribution >= 4 is 22.6 Å². The number of nitro benzene ring substituents is 1. The lowest BCUT2D eigenvalue weighted by molar-refractivity contribution is -0.384. The molecule has 0 saturated heterocycles. The number of hydrogen-bond donors (Lipinski definition) is 1. The maximum Gasteiger partial charge on any atom is 0.340 e. The maximum absolute atomic E-state index is 11.5. The Balaban J connectivity index is 2.38. The first-order valence-electron chi connectivity index (χ1n) is 6.08. The summed E-state index contributed by atoms with van der Waals surface area (Å²) in [5.41, 5.74) is 0.262. The fourth-order valence-electron chi connectivity index (χ4n) is 2.27. The SMILES string of the molecule is O=C(O)c1c(-c2ccccc2[N+](=O)[O-])oc2ccccc12. The number of carboxylic acid groups (broad SMARTS) is 1. The van der Waals surface area contributed by atoms with Gasteiger partial charge in [0.15, 0.2) is 5.76 Å². The van der Waals surface area contributed by atoms with E-state index in [0.29, 0.717) is 11.0 Å². The molecule has 0 aliphatic rings. The summed E-state index contributed by atoms with van der Waals surface area (Å²) >= 11 is 0. The Labute approximate surface area is 118 Å². The fraction of sp³-hybridized carbons (Fsp3) is 0. The summed E-state index contributed by atoms with van der Waals surface area (Å²) < 4.78 is 5.55. The highest BCUT2D eigenvalue weighted by molar-refractivity contribution is 6.08. The van der Waals surface area contributed by atoms with Crippen molar-refractivity contribution in [3.8, 4) is 11.3 Å². The summed E-state index contributed by atoms with van der Waals surface area (Å²) in [6.45, 7) is 0. The van der Waals surface area contributed by atoms with Gasteiger partial charge < -0.3 is 9.52 Å². The molecule has 6 nitrogen and oxygen atoms in total. The lowest BCUT2D eigenvalue weighted by Gasteiger charge is -2.00. The predicted molar refractivity (Wildman–Crippen MR) is 75.3 cm³/mol. The Morgan fingerprint density at radius 1 is 1.10 bits per heavy atom. The molecule has 3 rings (SSSR count). The second kappa shape index (κ2) is 4.75. The largest absolute Gasteiger partial charge is 0.478 e. The van der Waals surface area contributed by atoms with E-state index in [9.17, 15) is 20.0 Å². The second-order valence-electron chi connectivity index (χ2n) is 4.38. The quantitative estimate of drug-likeness (QED) is 0.584. The molecule has 0 radical (unpaired) electrons. The van der Waals surface area contributed by atoms with Crippen molar-refractivity contribution in [2.24, 2.45) is 0 Å². The van der Waals surface area contributed by atoms with Crippen LogP contribution in [-0.2, 0) is 0 Å². The molecule has 104 valence electrons. The minimum atomic E-state index is -1.19. The zero-order chi connectivity index (χ0) is 15.0. The molecule has 6 heteroatoms. The molecule has 1 N–H and O–H groups in total. The molecular formula is C15H9NO5. The molecule has 0 aliphatic carbocycles. The molecule has 0 bridgehead atoms. The van der Waals surface area contributed by atoms with Crippen LogP contribution in [0.5, 0.6) is 0 Å². The van der Waals surface area contributed by atoms with Crippen molar-refractivity contribution in [2.45, 2.75) is 0 Å². The molecule has 21 heavy (non-hydrogen) atoms. The minimum absolute atomic E-state index is 0.00370. The van der Waals surface area contributed by atoms with Crippen molar-refractivity contribution in [3.05, 3.63) is 64.2 Å². The molecular weight excluding hydrogens is 274 g/mol. The van der Waals surface area contributed by atoms with Crippen LogP contribution in [0.4, 0.5) is 5.69 Å². The number of carboxylic acids is 1. The van der Waals surface area contributed by atoms with E-state index in [1.807, 2.05) is 0 Å². The molecule has 2 aromatic carbocycles. The van der Waals surface area contributed by atoms with Crippen molar-refractivity contribution < 1.29 is 19.2 Å². The van der Waals surface area contributed by atoms with Gasteiger partial charge >= 0.3 is 5.97 Å².